The molecule has 0 spiro atoms. The third-order valence-electron chi connectivity index (χ3n) is 4.08. The lowest BCUT2D eigenvalue weighted by molar-refractivity contribution is 0.0697. The van der Waals surface area contributed by atoms with E-state index < -0.39 is 12.3 Å². The van der Waals surface area contributed by atoms with Crippen LogP contribution in [0.25, 0.3) is 0 Å². The van der Waals surface area contributed by atoms with Gasteiger partial charge in [-0.15, -0.1) is 0 Å². The number of hydrazone groups is 1. The summed E-state index contributed by atoms with van der Waals surface area (Å²) in [6.07, 6.45) is 1.23. The van der Waals surface area contributed by atoms with Gasteiger partial charge in [-0.2, -0.15) is 5.10 Å². The maximum absolute atomic E-state index is 12.4. The Balaban J connectivity index is 1.64. The van der Waals surface area contributed by atoms with E-state index in [-0.39, 0.29) is 11.5 Å². The molecule has 2 heterocycles. The van der Waals surface area contributed by atoms with Gasteiger partial charge in [-0.1, -0.05) is 30.3 Å². The van der Waals surface area contributed by atoms with Crippen LogP contribution in [0.15, 0.2) is 53.6 Å². The number of carbonyl (C=O) groups is 2. The number of hydrogen-bond acceptors (Lipinski definition) is 5. The smallest absolute Gasteiger partial charge is 0.335 e. The zero-order chi connectivity index (χ0) is 16.7. The number of aromatic carboxylic acids is 1. The van der Waals surface area contributed by atoms with Crippen LogP contribution in [0.2, 0.25) is 0 Å². The fourth-order valence-electron chi connectivity index (χ4n) is 2.90. The highest BCUT2D eigenvalue weighted by Crippen LogP contribution is 2.30. The zero-order valence-electron chi connectivity index (χ0n) is 12.6. The number of nitrogens with one attached hydrogen (secondary N) is 1. The molecule has 2 N–H and O–H groups in total. The molecule has 0 radical (unpaired) electrons. The lowest BCUT2D eigenvalue weighted by Gasteiger charge is -2.35. The number of fused-ring (bicyclic) bond motifs is 3. The molecule has 0 aliphatic carbocycles. The fourth-order valence-corrected chi connectivity index (χ4v) is 2.90. The minimum absolute atomic E-state index is 0.0830. The first-order chi connectivity index (χ1) is 11.6. The molecule has 0 saturated carbocycles. The van der Waals surface area contributed by atoms with E-state index in [0.29, 0.717) is 17.8 Å². The van der Waals surface area contributed by atoms with Crippen LogP contribution in [0, 0.1) is 0 Å². The number of benzene rings is 2. The number of hydrogen-bond donors (Lipinski definition) is 2. The van der Waals surface area contributed by atoms with Gasteiger partial charge in [-0.3, -0.25) is 9.69 Å². The number of carbonyl (C=O) groups excluding carboxylic acids is 1. The Bertz CT molecular complexity index is 850. The number of rotatable bonds is 3. The summed E-state index contributed by atoms with van der Waals surface area (Å²) in [6, 6.07) is 14.4. The standard InChI is InChI=1S/C17H14N4O3/c22-15-13-8-12(16(23)24)6-7-14(13)20-10-18-21(17(20)19-15)9-11-4-2-1-3-5-11/h1-8,10,17H,9H2,(H,19,22)(H,23,24). The van der Waals surface area contributed by atoms with Crippen molar-refractivity contribution < 1.29 is 14.7 Å². The zero-order valence-corrected chi connectivity index (χ0v) is 12.6. The highest BCUT2D eigenvalue weighted by Gasteiger charge is 2.37. The summed E-state index contributed by atoms with van der Waals surface area (Å²) < 4.78 is 0. The lowest BCUT2D eigenvalue weighted by atomic mass is 10.1. The number of carboxylic acids is 1. The molecule has 2 aliphatic rings. The van der Waals surface area contributed by atoms with Crippen molar-refractivity contribution >= 4 is 23.9 Å². The molecule has 1 atom stereocenters. The molecule has 1 amide bonds. The predicted molar refractivity (Wildman–Crippen MR) is 87.6 cm³/mol. The highest BCUT2D eigenvalue weighted by molar-refractivity contribution is 6.07. The molecule has 2 aromatic carbocycles. The summed E-state index contributed by atoms with van der Waals surface area (Å²) in [4.78, 5) is 25.3. The summed E-state index contributed by atoms with van der Waals surface area (Å²) in [7, 11) is 0. The molecule has 0 aromatic heterocycles. The number of nitrogens with zero attached hydrogens (tertiary/aromatic N) is 3. The van der Waals surface area contributed by atoms with Gasteiger partial charge in [0, 0.05) is 0 Å². The van der Waals surface area contributed by atoms with Gasteiger partial charge >= 0.3 is 5.97 Å². The molecule has 24 heavy (non-hydrogen) atoms. The monoisotopic (exact) mass is 322 g/mol. The van der Waals surface area contributed by atoms with E-state index in [1.807, 2.05) is 35.2 Å². The largest absolute Gasteiger partial charge is 0.478 e. The first kappa shape index (κ1) is 14.3. The SMILES string of the molecule is O=C(O)c1ccc2c(c1)C(=O)NC1N(Cc3ccccc3)N=CN21. The summed E-state index contributed by atoms with van der Waals surface area (Å²) in [6.45, 7) is 0.557. The first-order valence-electron chi connectivity index (χ1n) is 7.45. The first-order valence-corrected chi connectivity index (χ1v) is 7.45. The topological polar surface area (TPSA) is 85.2 Å². The Morgan fingerprint density at radius 2 is 2.00 bits per heavy atom. The van der Waals surface area contributed by atoms with E-state index in [4.69, 9.17) is 5.11 Å². The normalized spacial score (nSPS) is 18.2. The van der Waals surface area contributed by atoms with Crippen LogP contribution in [0.4, 0.5) is 5.69 Å². The van der Waals surface area contributed by atoms with Crippen LogP contribution in [-0.4, -0.2) is 34.6 Å². The van der Waals surface area contributed by atoms with Crippen LogP contribution in [0.1, 0.15) is 26.3 Å². The number of amides is 1. The minimum Gasteiger partial charge on any atom is -0.478 e. The van der Waals surface area contributed by atoms with Gasteiger partial charge in [0.2, 0.25) is 6.29 Å². The molecule has 7 heteroatoms. The minimum atomic E-state index is -1.06. The van der Waals surface area contributed by atoms with Crippen LogP contribution < -0.4 is 10.2 Å². The van der Waals surface area contributed by atoms with Crippen LogP contribution in [0.5, 0.6) is 0 Å². The maximum atomic E-state index is 12.4. The summed E-state index contributed by atoms with van der Waals surface area (Å²) in [5, 5.41) is 18.1. The van der Waals surface area contributed by atoms with Crippen LogP contribution in [-0.2, 0) is 6.54 Å². The summed E-state index contributed by atoms with van der Waals surface area (Å²) in [5.41, 5.74) is 2.14. The van der Waals surface area contributed by atoms with Crippen LogP contribution >= 0.6 is 0 Å². The molecule has 0 saturated heterocycles. The van der Waals surface area contributed by atoms with Crippen molar-refractivity contribution in [3.05, 3.63) is 65.2 Å². The van der Waals surface area contributed by atoms with Gasteiger partial charge in [0.1, 0.15) is 6.34 Å². The van der Waals surface area contributed by atoms with Gasteiger partial charge in [-0.25, -0.2) is 9.80 Å². The third-order valence-corrected chi connectivity index (χ3v) is 4.08. The molecule has 2 aliphatic heterocycles. The van der Waals surface area contributed by atoms with Crippen LogP contribution in [0.3, 0.4) is 0 Å². The lowest BCUT2D eigenvalue weighted by Crippen LogP contribution is -2.56. The molecule has 120 valence electrons. The van der Waals surface area contributed by atoms with Crippen molar-refractivity contribution in [1.29, 1.82) is 0 Å². The number of carboxylic acid groups (broad SMARTS) is 1. The Labute approximate surface area is 137 Å². The second-order valence-electron chi connectivity index (χ2n) is 5.61. The molecule has 1 unspecified atom stereocenters. The van der Waals surface area contributed by atoms with Crippen molar-refractivity contribution in [3.8, 4) is 0 Å². The van der Waals surface area contributed by atoms with E-state index in [1.54, 1.807) is 17.4 Å². The number of anilines is 1. The average molecular weight is 322 g/mol. The Hall–Kier alpha value is -3.35. The highest BCUT2D eigenvalue weighted by atomic mass is 16.4. The van der Waals surface area contributed by atoms with E-state index in [1.165, 1.54) is 12.1 Å². The van der Waals surface area contributed by atoms with Gasteiger partial charge in [-0.05, 0) is 23.8 Å². The van der Waals surface area contributed by atoms with E-state index in [0.717, 1.165) is 5.56 Å². The molecule has 0 fully saturated rings. The summed E-state index contributed by atoms with van der Waals surface area (Å²) >= 11 is 0. The molecular formula is C17H14N4O3. The molecule has 0 bridgehead atoms. The van der Waals surface area contributed by atoms with Gasteiger partial charge in [0.25, 0.3) is 5.91 Å². The average Bonchev–Trinajstić information content (AvgIpc) is 2.98. The Morgan fingerprint density at radius 3 is 2.75 bits per heavy atom. The van der Waals surface area contributed by atoms with Crippen molar-refractivity contribution in [2.45, 2.75) is 12.8 Å². The summed E-state index contributed by atoms with van der Waals surface area (Å²) in [5.74, 6) is -1.37. The van der Waals surface area contributed by atoms with E-state index in [2.05, 4.69) is 10.4 Å². The third kappa shape index (κ3) is 2.26. The van der Waals surface area contributed by atoms with E-state index >= 15 is 0 Å². The maximum Gasteiger partial charge on any atom is 0.335 e. The van der Waals surface area contributed by atoms with Crippen molar-refractivity contribution in [1.82, 2.24) is 10.3 Å². The molecule has 7 nitrogen and oxygen atoms in total. The molecular weight excluding hydrogens is 308 g/mol. The van der Waals surface area contributed by atoms with E-state index in [9.17, 15) is 9.59 Å². The van der Waals surface area contributed by atoms with Gasteiger partial charge in [0.15, 0.2) is 0 Å². The second-order valence-corrected chi connectivity index (χ2v) is 5.61. The molecule has 4 rings (SSSR count). The van der Waals surface area contributed by atoms with Crippen molar-refractivity contribution in [2.75, 3.05) is 4.90 Å². The van der Waals surface area contributed by atoms with Crippen molar-refractivity contribution in [2.24, 2.45) is 5.10 Å². The van der Waals surface area contributed by atoms with Crippen molar-refractivity contribution in [3.63, 3.8) is 0 Å². The molecule has 2 aromatic rings. The Morgan fingerprint density at radius 1 is 1.21 bits per heavy atom. The fraction of sp³-hybridized carbons (Fsp3) is 0.118. The quantitative estimate of drug-likeness (QED) is 0.898. The Kier molecular flexibility index (Phi) is 3.19. The predicted octanol–water partition coefficient (Wildman–Crippen LogP) is 1.68. The van der Waals surface area contributed by atoms with Gasteiger partial charge in [0.05, 0.1) is 23.4 Å². The van der Waals surface area contributed by atoms with Gasteiger partial charge < -0.3 is 10.4 Å². The second kappa shape index (κ2) is 5.38.